The van der Waals surface area contributed by atoms with Crippen molar-refractivity contribution in [2.75, 3.05) is 5.88 Å². The van der Waals surface area contributed by atoms with Crippen molar-refractivity contribution in [2.24, 2.45) is 0 Å². The summed E-state index contributed by atoms with van der Waals surface area (Å²) in [6.07, 6.45) is 6.22. The van der Waals surface area contributed by atoms with E-state index < -0.39 is 0 Å². The molecule has 0 amide bonds. The number of halogens is 3. The third-order valence-corrected chi connectivity index (χ3v) is 5.09. The predicted octanol–water partition coefficient (Wildman–Crippen LogP) is 5.13. The average Bonchev–Trinajstić information content (AvgIpc) is 2.39. The summed E-state index contributed by atoms with van der Waals surface area (Å²) < 4.78 is 1.01. The lowest BCUT2D eigenvalue weighted by atomic mass is 9.83. The molecule has 0 atom stereocenters. The van der Waals surface area contributed by atoms with Crippen molar-refractivity contribution in [1.29, 1.82) is 0 Å². The van der Waals surface area contributed by atoms with Crippen molar-refractivity contribution in [3.63, 3.8) is 0 Å². The summed E-state index contributed by atoms with van der Waals surface area (Å²) in [5.74, 6) is 0.682. The molecule has 1 aliphatic rings. The second-order valence-corrected chi connectivity index (χ2v) is 6.65. The Morgan fingerprint density at radius 1 is 1.22 bits per heavy atom. The molecule has 0 unspecified atom stereocenters. The Hall–Kier alpha value is 0.240. The molecule has 100 valence electrons. The van der Waals surface area contributed by atoms with E-state index in [0.29, 0.717) is 5.88 Å². The molecule has 1 N–H and O–H groups in total. The maximum Gasteiger partial charge on any atom is 0.0462 e. The number of hydrogen-bond acceptors (Lipinski definition) is 1. The minimum Gasteiger partial charge on any atom is -0.306 e. The first-order chi connectivity index (χ1) is 8.65. The van der Waals surface area contributed by atoms with Crippen LogP contribution in [0.3, 0.4) is 0 Å². The van der Waals surface area contributed by atoms with Crippen LogP contribution in [0.5, 0.6) is 0 Å². The normalized spacial score (nSPS) is 18.8. The summed E-state index contributed by atoms with van der Waals surface area (Å²) in [7, 11) is 0. The zero-order valence-electron chi connectivity index (χ0n) is 10.3. The second-order valence-electron chi connectivity index (χ2n) is 5.06. The van der Waals surface area contributed by atoms with E-state index in [1.165, 1.54) is 32.1 Å². The quantitative estimate of drug-likeness (QED) is 0.742. The molecule has 0 saturated heterocycles. The molecule has 1 saturated carbocycles. The summed E-state index contributed by atoms with van der Waals surface area (Å²) in [6, 6.07) is 6.02. The fraction of sp³-hybridized carbons (Fsp3) is 0.571. The van der Waals surface area contributed by atoms with Gasteiger partial charge in [-0.1, -0.05) is 52.9 Å². The number of nitrogens with one attached hydrogen (secondary N) is 1. The van der Waals surface area contributed by atoms with E-state index in [1.54, 1.807) is 0 Å². The molecule has 4 heteroatoms. The fourth-order valence-corrected chi connectivity index (χ4v) is 3.64. The Morgan fingerprint density at radius 3 is 2.56 bits per heavy atom. The average molecular weight is 351 g/mol. The Kier molecular flexibility index (Phi) is 5.37. The highest BCUT2D eigenvalue weighted by atomic mass is 79.9. The highest BCUT2D eigenvalue weighted by molar-refractivity contribution is 9.10. The van der Waals surface area contributed by atoms with E-state index >= 15 is 0 Å². The predicted molar refractivity (Wildman–Crippen MR) is 82.5 cm³/mol. The molecule has 18 heavy (non-hydrogen) atoms. The van der Waals surface area contributed by atoms with Gasteiger partial charge >= 0.3 is 0 Å². The van der Waals surface area contributed by atoms with Gasteiger partial charge < -0.3 is 5.32 Å². The van der Waals surface area contributed by atoms with Crippen molar-refractivity contribution < 1.29 is 0 Å². The molecule has 0 spiro atoms. The summed E-state index contributed by atoms with van der Waals surface area (Å²) in [4.78, 5) is 0. The standard InChI is InChI=1S/C14H18BrCl2N/c15-12-5-4-11(13(17)8-12)9-18-14(10-16)6-2-1-3-7-14/h4-5,8,18H,1-3,6-7,9-10H2. The maximum atomic E-state index is 6.23. The van der Waals surface area contributed by atoms with Gasteiger partial charge in [0.2, 0.25) is 0 Å². The van der Waals surface area contributed by atoms with E-state index in [4.69, 9.17) is 23.2 Å². The van der Waals surface area contributed by atoms with Gasteiger partial charge in [0.05, 0.1) is 0 Å². The minimum atomic E-state index is 0.107. The fourth-order valence-electron chi connectivity index (χ4n) is 2.53. The van der Waals surface area contributed by atoms with Gasteiger partial charge in [-0.25, -0.2) is 0 Å². The van der Waals surface area contributed by atoms with Crippen LogP contribution in [-0.2, 0) is 6.54 Å². The molecule has 2 rings (SSSR count). The van der Waals surface area contributed by atoms with Crippen LogP contribution in [0.4, 0.5) is 0 Å². The molecule has 1 nitrogen and oxygen atoms in total. The number of hydrogen-bond donors (Lipinski definition) is 1. The van der Waals surface area contributed by atoms with E-state index in [2.05, 4.69) is 27.3 Å². The van der Waals surface area contributed by atoms with Gasteiger partial charge in [0.1, 0.15) is 0 Å². The number of rotatable bonds is 4. The molecule has 1 aromatic rings. The van der Waals surface area contributed by atoms with Gasteiger partial charge in [0, 0.05) is 27.5 Å². The van der Waals surface area contributed by atoms with Gasteiger partial charge in [0.25, 0.3) is 0 Å². The van der Waals surface area contributed by atoms with Crippen molar-refractivity contribution >= 4 is 39.1 Å². The van der Waals surface area contributed by atoms with Crippen molar-refractivity contribution in [3.05, 3.63) is 33.3 Å². The summed E-state index contributed by atoms with van der Waals surface area (Å²) in [6.45, 7) is 0.791. The molecule has 1 aliphatic carbocycles. The first-order valence-corrected chi connectivity index (χ1v) is 8.11. The van der Waals surface area contributed by atoms with Crippen LogP contribution >= 0.6 is 39.1 Å². The Bertz CT molecular complexity index is 403. The lowest BCUT2D eigenvalue weighted by Crippen LogP contribution is -2.48. The minimum absolute atomic E-state index is 0.107. The summed E-state index contributed by atoms with van der Waals surface area (Å²) in [5.41, 5.74) is 1.24. The van der Waals surface area contributed by atoms with Crippen LogP contribution in [0.2, 0.25) is 5.02 Å². The molecule has 1 aromatic carbocycles. The van der Waals surface area contributed by atoms with E-state index in [-0.39, 0.29) is 5.54 Å². The van der Waals surface area contributed by atoms with Gasteiger partial charge in [-0.05, 0) is 30.5 Å². The molecule has 0 aromatic heterocycles. The topological polar surface area (TPSA) is 12.0 Å². The molecule has 0 bridgehead atoms. The zero-order valence-corrected chi connectivity index (χ0v) is 13.4. The summed E-state index contributed by atoms with van der Waals surface area (Å²) in [5, 5.41) is 4.43. The Labute approximate surface area is 127 Å². The van der Waals surface area contributed by atoms with Crippen LogP contribution in [0.1, 0.15) is 37.7 Å². The third-order valence-electron chi connectivity index (χ3n) is 3.74. The lowest BCUT2D eigenvalue weighted by molar-refractivity contribution is 0.256. The first-order valence-electron chi connectivity index (χ1n) is 6.40. The van der Waals surface area contributed by atoms with E-state index in [0.717, 1.165) is 21.6 Å². The molecule has 0 radical (unpaired) electrons. The third kappa shape index (κ3) is 3.63. The zero-order chi connectivity index (χ0) is 13.0. The number of benzene rings is 1. The molecular formula is C14H18BrCl2N. The van der Waals surface area contributed by atoms with Gasteiger partial charge in [-0.3, -0.25) is 0 Å². The van der Waals surface area contributed by atoms with Crippen molar-refractivity contribution in [1.82, 2.24) is 5.32 Å². The molecule has 0 aliphatic heterocycles. The van der Waals surface area contributed by atoms with Crippen LogP contribution in [0.15, 0.2) is 22.7 Å². The van der Waals surface area contributed by atoms with Gasteiger partial charge in [-0.2, -0.15) is 0 Å². The largest absolute Gasteiger partial charge is 0.306 e. The monoisotopic (exact) mass is 349 g/mol. The van der Waals surface area contributed by atoms with Crippen LogP contribution in [-0.4, -0.2) is 11.4 Å². The second kappa shape index (κ2) is 6.60. The van der Waals surface area contributed by atoms with Crippen LogP contribution < -0.4 is 5.32 Å². The smallest absolute Gasteiger partial charge is 0.0462 e. The Morgan fingerprint density at radius 2 is 1.94 bits per heavy atom. The Balaban J connectivity index is 2.01. The summed E-state index contributed by atoms with van der Waals surface area (Å²) >= 11 is 15.8. The van der Waals surface area contributed by atoms with Gasteiger partial charge in [-0.15, -0.1) is 11.6 Å². The van der Waals surface area contributed by atoms with Crippen LogP contribution in [0, 0.1) is 0 Å². The lowest BCUT2D eigenvalue weighted by Gasteiger charge is -2.36. The highest BCUT2D eigenvalue weighted by Gasteiger charge is 2.30. The molecular weight excluding hydrogens is 333 g/mol. The highest BCUT2D eigenvalue weighted by Crippen LogP contribution is 2.30. The number of alkyl halides is 1. The SMILES string of the molecule is ClCC1(NCc2ccc(Br)cc2Cl)CCCCC1. The molecule has 1 fully saturated rings. The molecule has 0 heterocycles. The van der Waals surface area contributed by atoms with Gasteiger partial charge in [0.15, 0.2) is 0 Å². The van der Waals surface area contributed by atoms with Crippen molar-refractivity contribution in [2.45, 2.75) is 44.2 Å². The van der Waals surface area contributed by atoms with E-state index in [1.807, 2.05) is 12.1 Å². The van der Waals surface area contributed by atoms with Crippen molar-refractivity contribution in [3.8, 4) is 0 Å². The first kappa shape index (κ1) is 14.6. The maximum absolute atomic E-state index is 6.23. The van der Waals surface area contributed by atoms with E-state index in [9.17, 15) is 0 Å². The van der Waals surface area contributed by atoms with Crippen LogP contribution in [0.25, 0.3) is 0 Å².